The number of benzene rings is 1. The summed E-state index contributed by atoms with van der Waals surface area (Å²) in [5.41, 5.74) is 0. The first-order chi connectivity index (χ1) is 4.39. The first-order valence-corrected chi connectivity index (χ1v) is 2.33. The Morgan fingerprint density at radius 2 is 1.30 bits per heavy atom. The molecule has 10 heavy (non-hydrogen) atoms. The summed E-state index contributed by atoms with van der Waals surface area (Å²) in [7, 11) is 0. The minimum absolute atomic E-state index is 0. The van der Waals surface area contributed by atoms with Gasteiger partial charge in [0.15, 0.2) is 0 Å². The molecule has 58 valence electrons. The molecular formula is C6H9ClO3. The molecule has 1 rings (SSSR count). The molecule has 0 aromatic heterocycles. The Bertz CT molecular complexity index is 143. The van der Waals surface area contributed by atoms with E-state index >= 15 is 0 Å². The van der Waals surface area contributed by atoms with Crippen molar-refractivity contribution in [2.75, 3.05) is 0 Å². The number of hydrogen-bond donors (Lipinski definition) is 3. The molecule has 0 fully saturated rings. The van der Waals surface area contributed by atoms with Crippen molar-refractivity contribution >= 4 is 12.4 Å². The summed E-state index contributed by atoms with van der Waals surface area (Å²) >= 11 is 0. The van der Waals surface area contributed by atoms with Crippen LogP contribution in [0.2, 0.25) is 0 Å². The van der Waals surface area contributed by atoms with Gasteiger partial charge in [0.25, 0.3) is 0 Å². The van der Waals surface area contributed by atoms with E-state index in [1.807, 2.05) is 6.07 Å². The highest BCUT2D eigenvalue weighted by atomic mass is 35.5. The van der Waals surface area contributed by atoms with E-state index in [1.165, 1.54) is 0 Å². The average Bonchev–Trinajstić information content (AvgIpc) is 1.94. The first kappa shape index (κ1) is 12.0. The van der Waals surface area contributed by atoms with Crippen LogP contribution in [-0.4, -0.2) is 15.6 Å². The van der Waals surface area contributed by atoms with Gasteiger partial charge in [-0.1, -0.05) is 18.2 Å². The standard InChI is InChI=1S/C6H6O.ClH.H2O2/c7-6-4-2-1-3-5-6;;1-2/h1-5,7H;1H;1-2H. The fraction of sp³-hybridized carbons (Fsp3) is 0. The molecule has 0 bridgehead atoms. The van der Waals surface area contributed by atoms with Crippen LogP contribution in [0.25, 0.3) is 0 Å². The second-order valence-electron chi connectivity index (χ2n) is 1.34. The molecule has 1 aromatic carbocycles. The largest absolute Gasteiger partial charge is 0.508 e. The molecule has 0 radical (unpaired) electrons. The van der Waals surface area contributed by atoms with Crippen molar-refractivity contribution in [2.24, 2.45) is 0 Å². The Morgan fingerprint density at radius 1 is 0.900 bits per heavy atom. The topological polar surface area (TPSA) is 60.7 Å². The lowest BCUT2D eigenvalue weighted by atomic mass is 10.3. The van der Waals surface area contributed by atoms with Crippen LogP contribution < -0.4 is 0 Å². The summed E-state index contributed by atoms with van der Waals surface area (Å²) < 4.78 is 0. The molecule has 0 amide bonds. The van der Waals surface area contributed by atoms with E-state index in [4.69, 9.17) is 15.6 Å². The fourth-order valence-electron chi connectivity index (χ4n) is 0.428. The zero-order chi connectivity index (χ0) is 7.11. The SMILES string of the molecule is Cl.OO.Oc1ccccc1. The van der Waals surface area contributed by atoms with E-state index in [2.05, 4.69) is 0 Å². The second kappa shape index (κ2) is 8.23. The molecular weight excluding hydrogens is 156 g/mol. The van der Waals surface area contributed by atoms with E-state index in [0.29, 0.717) is 5.75 Å². The molecule has 0 aliphatic rings. The van der Waals surface area contributed by atoms with Gasteiger partial charge in [0.05, 0.1) is 0 Å². The maximum Gasteiger partial charge on any atom is 0.115 e. The van der Waals surface area contributed by atoms with Crippen LogP contribution in [-0.2, 0) is 0 Å². The van der Waals surface area contributed by atoms with Crippen LogP contribution >= 0.6 is 12.4 Å². The van der Waals surface area contributed by atoms with Crippen LogP contribution in [0.1, 0.15) is 0 Å². The summed E-state index contributed by atoms with van der Waals surface area (Å²) in [6, 6.07) is 8.71. The Balaban J connectivity index is 0. The number of halogens is 1. The molecule has 0 spiro atoms. The lowest BCUT2D eigenvalue weighted by Gasteiger charge is -1.82. The maximum atomic E-state index is 8.63. The van der Waals surface area contributed by atoms with Gasteiger partial charge in [0.1, 0.15) is 5.75 Å². The second-order valence-corrected chi connectivity index (χ2v) is 1.34. The first-order valence-electron chi connectivity index (χ1n) is 2.33. The van der Waals surface area contributed by atoms with Gasteiger partial charge in [0.2, 0.25) is 0 Å². The monoisotopic (exact) mass is 164 g/mol. The van der Waals surface area contributed by atoms with Crippen LogP contribution in [0.4, 0.5) is 0 Å². The van der Waals surface area contributed by atoms with Crippen molar-refractivity contribution in [1.82, 2.24) is 0 Å². The van der Waals surface area contributed by atoms with Crippen LogP contribution in [0.5, 0.6) is 5.75 Å². The molecule has 3 N–H and O–H groups in total. The van der Waals surface area contributed by atoms with Gasteiger partial charge in [0, 0.05) is 0 Å². The summed E-state index contributed by atoms with van der Waals surface area (Å²) in [6.45, 7) is 0. The minimum atomic E-state index is 0. The molecule has 4 heteroatoms. The van der Waals surface area contributed by atoms with Crippen molar-refractivity contribution in [2.45, 2.75) is 0 Å². The van der Waals surface area contributed by atoms with Crippen molar-refractivity contribution in [1.29, 1.82) is 0 Å². The molecule has 0 heterocycles. The van der Waals surface area contributed by atoms with Gasteiger partial charge in [-0.3, -0.25) is 10.5 Å². The van der Waals surface area contributed by atoms with Crippen LogP contribution in [0.3, 0.4) is 0 Å². The Kier molecular flexibility index (Phi) is 9.84. The average molecular weight is 165 g/mol. The third-order valence-electron chi connectivity index (χ3n) is 0.756. The Labute approximate surface area is 64.9 Å². The molecule has 0 aliphatic heterocycles. The molecule has 0 saturated heterocycles. The predicted octanol–water partition coefficient (Wildman–Crippen LogP) is 1.83. The van der Waals surface area contributed by atoms with E-state index in [0.717, 1.165) is 0 Å². The Morgan fingerprint density at radius 3 is 1.50 bits per heavy atom. The summed E-state index contributed by atoms with van der Waals surface area (Å²) in [5.74, 6) is 0.322. The predicted molar refractivity (Wildman–Crippen MR) is 40.6 cm³/mol. The number of phenols is 1. The van der Waals surface area contributed by atoms with E-state index in [9.17, 15) is 0 Å². The zero-order valence-electron chi connectivity index (χ0n) is 5.14. The normalized spacial score (nSPS) is 6.60. The summed E-state index contributed by atoms with van der Waals surface area (Å²) in [5, 5.41) is 20.6. The number of para-hydroxylation sites is 1. The fourth-order valence-corrected chi connectivity index (χ4v) is 0.428. The van der Waals surface area contributed by atoms with Gasteiger partial charge < -0.3 is 5.11 Å². The molecule has 3 nitrogen and oxygen atoms in total. The van der Waals surface area contributed by atoms with E-state index in [1.54, 1.807) is 24.3 Å². The van der Waals surface area contributed by atoms with E-state index in [-0.39, 0.29) is 12.4 Å². The van der Waals surface area contributed by atoms with Crippen molar-refractivity contribution in [3.8, 4) is 5.75 Å². The maximum absolute atomic E-state index is 8.63. The zero-order valence-corrected chi connectivity index (χ0v) is 5.95. The van der Waals surface area contributed by atoms with Gasteiger partial charge in [-0.05, 0) is 12.1 Å². The smallest absolute Gasteiger partial charge is 0.115 e. The number of hydrogen-bond acceptors (Lipinski definition) is 3. The number of phenolic OH excluding ortho intramolecular Hbond substituents is 1. The molecule has 1 aromatic rings. The van der Waals surface area contributed by atoms with Gasteiger partial charge in [-0.2, -0.15) is 0 Å². The highest BCUT2D eigenvalue weighted by Crippen LogP contribution is 2.02. The summed E-state index contributed by atoms with van der Waals surface area (Å²) in [6.07, 6.45) is 0. The third kappa shape index (κ3) is 5.37. The molecule has 0 unspecified atom stereocenters. The number of aromatic hydroxyl groups is 1. The lowest BCUT2D eigenvalue weighted by molar-refractivity contribution is -0.176. The highest BCUT2D eigenvalue weighted by molar-refractivity contribution is 5.85. The number of rotatable bonds is 0. The Hall–Kier alpha value is -0.770. The molecule has 0 atom stereocenters. The summed E-state index contributed by atoms with van der Waals surface area (Å²) in [4.78, 5) is 0. The van der Waals surface area contributed by atoms with Crippen molar-refractivity contribution in [3.63, 3.8) is 0 Å². The minimum Gasteiger partial charge on any atom is -0.508 e. The van der Waals surface area contributed by atoms with Crippen LogP contribution in [0.15, 0.2) is 30.3 Å². The highest BCUT2D eigenvalue weighted by Gasteiger charge is 1.74. The van der Waals surface area contributed by atoms with Crippen molar-refractivity contribution in [3.05, 3.63) is 30.3 Å². The van der Waals surface area contributed by atoms with E-state index < -0.39 is 0 Å². The third-order valence-corrected chi connectivity index (χ3v) is 0.756. The van der Waals surface area contributed by atoms with Gasteiger partial charge in [-0.25, -0.2) is 0 Å². The van der Waals surface area contributed by atoms with Crippen LogP contribution in [0, 0.1) is 0 Å². The quantitative estimate of drug-likeness (QED) is 0.405. The lowest BCUT2D eigenvalue weighted by Crippen LogP contribution is -1.56. The molecule has 0 saturated carbocycles. The van der Waals surface area contributed by atoms with Gasteiger partial charge >= 0.3 is 0 Å². The van der Waals surface area contributed by atoms with Gasteiger partial charge in [-0.15, -0.1) is 12.4 Å². The molecule has 0 aliphatic carbocycles. The van der Waals surface area contributed by atoms with Crippen molar-refractivity contribution < 1.29 is 15.6 Å².